The first-order valence-electron chi connectivity index (χ1n) is 13.5. The zero-order chi connectivity index (χ0) is 31.0. The average Bonchev–Trinajstić information content (AvgIpc) is 2.94. The summed E-state index contributed by atoms with van der Waals surface area (Å²) in [5, 5.41) is 3.60. The largest absolute Gasteiger partial charge is 0.495 e. The second-order valence-electron chi connectivity index (χ2n) is 10.6. The Morgan fingerprint density at radius 2 is 1.64 bits per heavy atom. The van der Waals surface area contributed by atoms with E-state index in [9.17, 15) is 18.0 Å². The molecule has 0 aliphatic carbocycles. The SMILES string of the molecule is COc1ccc(C)cc1N(CC(=O)N(Cc1ccc(Cl)c(Cl)c1)[C@H](Cc1ccccc1)C(=O)NCC(C)C)S(C)(=O)=O. The highest BCUT2D eigenvalue weighted by atomic mass is 35.5. The van der Waals surface area contributed by atoms with Gasteiger partial charge in [0.05, 0.1) is 29.1 Å². The molecule has 1 atom stereocenters. The van der Waals surface area contributed by atoms with Crippen LogP contribution in [-0.4, -0.2) is 57.6 Å². The number of carbonyl (C=O) groups is 2. The lowest BCUT2D eigenvalue weighted by Gasteiger charge is -2.34. The number of methoxy groups -OCH3 is 1. The molecule has 1 N–H and O–H groups in total. The van der Waals surface area contributed by atoms with Gasteiger partial charge in [0.1, 0.15) is 18.3 Å². The Kier molecular flexibility index (Phi) is 11.7. The van der Waals surface area contributed by atoms with Gasteiger partial charge in [0.15, 0.2) is 0 Å². The lowest BCUT2D eigenvalue weighted by molar-refractivity contribution is -0.140. The van der Waals surface area contributed by atoms with E-state index in [1.165, 1.54) is 12.0 Å². The lowest BCUT2D eigenvalue weighted by atomic mass is 10.0. The highest BCUT2D eigenvalue weighted by Gasteiger charge is 2.34. The Bertz CT molecular complexity index is 1500. The van der Waals surface area contributed by atoms with E-state index in [0.717, 1.165) is 21.7 Å². The lowest BCUT2D eigenvalue weighted by Crippen LogP contribution is -2.53. The number of rotatable bonds is 13. The molecule has 0 heterocycles. The summed E-state index contributed by atoms with van der Waals surface area (Å²) in [4.78, 5) is 29.3. The molecule has 226 valence electrons. The Balaban J connectivity index is 2.11. The number of hydrogen-bond donors (Lipinski definition) is 1. The highest BCUT2D eigenvalue weighted by molar-refractivity contribution is 7.92. The molecule has 42 heavy (non-hydrogen) atoms. The van der Waals surface area contributed by atoms with Gasteiger partial charge < -0.3 is 15.0 Å². The Labute approximate surface area is 258 Å². The maximum Gasteiger partial charge on any atom is 0.244 e. The number of nitrogens with one attached hydrogen (secondary N) is 1. The molecule has 0 saturated carbocycles. The summed E-state index contributed by atoms with van der Waals surface area (Å²) in [6.45, 7) is 5.62. The third-order valence-electron chi connectivity index (χ3n) is 6.57. The second kappa shape index (κ2) is 14.8. The number of ether oxygens (including phenoxy) is 1. The predicted molar refractivity (Wildman–Crippen MR) is 169 cm³/mol. The van der Waals surface area contributed by atoms with Gasteiger partial charge in [-0.25, -0.2) is 8.42 Å². The molecule has 3 aromatic carbocycles. The normalized spacial score (nSPS) is 12.1. The monoisotopic (exact) mass is 633 g/mol. The Morgan fingerprint density at radius 3 is 2.24 bits per heavy atom. The maximum absolute atomic E-state index is 14.2. The van der Waals surface area contributed by atoms with Crippen molar-refractivity contribution >= 4 is 50.7 Å². The van der Waals surface area contributed by atoms with Crippen molar-refractivity contribution in [2.75, 3.05) is 30.8 Å². The number of benzene rings is 3. The molecule has 0 spiro atoms. The van der Waals surface area contributed by atoms with E-state index in [0.29, 0.717) is 27.9 Å². The number of halogens is 2. The van der Waals surface area contributed by atoms with E-state index in [4.69, 9.17) is 27.9 Å². The summed E-state index contributed by atoms with van der Waals surface area (Å²) in [7, 11) is -2.51. The van der Waals surface area contributed by atoms with Crippen molar-refractivity contribution in [2.24, 2.45) is 5.92 Å². The fourth-order valence-electron chi connectivity index (χ4n) is 4.40. The minimum atomic E-state index is -3.94. The van der Waals surface area contributed by atoms with Crippen LogP contribution in [0.3, 0.4) is 0 Å². The fourth-order valence-corrected chi connectivity index (χ4v) is 5.57. The van der Waals surface area contributed by atoms with E-state index in [1.807, 2.05) is 51.1 Å². The minimum absolute atomic E-state index is 0.00905. The molecule has 0 aromatic heterocycles. The van der Waals surface area contributed by atoms with Crippen LogP contribution < -0.4 is 14.4 Å². The first-order valence-corrected chi connectivity index (χ1v) is 16.1. The van der Waals surface area contributed by atoms with Gasteiger partial charge in [-0.05, 0) is 53.8 Å². The van der Waals surface area contributed by atoms with Gasteiger partial charge in [0.2, 0.25) is 21.8 Å². The molecule has 0 saturated heterocycles. The number of aryl methyl sites for hydroxylation is 1. The Hall–Kier alpha value is -3.27. The number of carbonyl (C=O) groups excluding carboxylic acids is 2. The molecule has 0 unspecified atom stereocenters. The van der Waals surface area contributed by atoms with Crippen LogP contribution in [0.4, 0.5) is 5.69 Å². The van der Waals surface area contributed by atoms with Crippen molar-refractivity contribution in [1.82, 2.24) is 10.2 Å². The first kappa shape index (κ1) is 33.2. The van der Waals surface area contributed by atoms with Crippen LogP contribution in [0.2, 0.25) is 10.0 Å². The summed E-state index contributed by atoms with van der Waals surface area (Å²) in [6.07, 6.45) is 1.24. The zero-order valence-electron chi connectivity index (χ0n) is 24.4. The molecular weight excluding hydrogens is 597 g/mol. The average molecular weight is 635 g/mol. The molecule has 0 radical (unpaired) electrons. The van der Waals surface area contributed by atoms with Crippen LogP contribution in [0.1, 0.15) is 30.5 Å². The van der Waals surface area contributed by atoms with Crippen molar-refractivity contribution in [1.29, 1.82) is 0 Å². The van der Waals surface area contributed by atoms with Crippen molar-refractivity contribution in [3.05, 3.63) is 93.5 Å². The van der Waals surface area contributed by atoms with E-state index < -0.39 is 28.5 Å². The van der Waals surface area contributed by atoms with Gasteiger partial charge in [-0.2, -0.15) is 0 Å². The number of amides is 2. The molecule has 8 nitrogen and oxygen atoms in total. The number of sulfonamides is 1. The molecule has 0 bridgehead atoms. The highest BCUT2D eigenvalue weighted by Crippen LogP contribution is 2.31. The van der Waals surface area contributed by atoms with Crippen LogP contribution in [0.5, 0.6) is 5.75 Å². The molecule has 3 rings (SSSR count). The number of anilines is 1. The van der Waals surface area contributed by atoms with Gasteiger partial charge in [0.25, 0.3) is 0 Å². The van der Waals surface area contributed by atoms with Crippen molar-refractivity contribution in [2.45, 2.75) is 39.8 Å². The third-order valence-corrected chi connectivity index (χ3v) is 8.44. The van der Waals surface area contributed by atoms with Gasteiger partial charge in [0, 0.05) is 19.5 Å². The standard InChI is InChI=1S/C31H37Cl2N3O5S/c1-21(2)18-34-31(38)28(17-23-9-7-6-8-10-23)35(19-24-12-13-25(32)26(33)16-24)30(37)20-36(42(5,39)40)27-15-22(3)11-14-29(27)41-4/h6-16,21,28H,17-20H2,1-5H3,(H,34,38)/t28-/m1/s1. The van der Waals surface area contributed by atoms with Gasteiger partial charge in [-0.1, -0.05) is 79.5 Å². The fraction of sp³-hybridized carbons (Fsp3) is 0.355. The molecule has 0 aliphatic rings. The second-order valence-corrected chi connectivity index (χ2v) is 13.3. The maximum atomic E-state index is 14.2. The minimum Gasteiger partial charge on any atom is -0.495 e. The van der Waals surface area contributed by atoms with Crippen LogP contribution in [0.25, 0.3) is 0 Å². The first-order chi connectivity index (χ1) is 19.8. The zero-order valence-corrected chi connectivity index (χ0v) is 26.8. The van der Waals surface area contributed by atoms with Crippen molar-refractivity contribution < 1.29 is 22.7 Å². The van der Waals surface area contributed by atoms with Gasteiger partial charge in [-0.3, -0.25) is 13.9 Å². The van der Waals surface area contributed by atoms with Gasteiger partial charge >= 0.3 is 0 Å². The molecule has 2 amide bonds. The summed E-state index contributed by atoms with van der Waals surface area (Å²) in [5.41, 5.74) is 2.49. The predicted octanol–water partition coefficient (Wildman–Crippen LogP) is 5.49. The topological polar surface area (TPSA) is 96.0 Å². The van der Waals surface area contributed by atoms with E-state index in [1.54, 1.807) is 36.4 Å². The van der Waals surface area contributed by atoms with E-state index >= 15 is 0 Å². The number of hydrogen-bond acceptors (Lipinski definition) is 5. The molecule has 11 heteroatoms. The number of nitrogens with zero attached hydrogens (tertiary/aromatic N) is 2. The summed E-state index contributed by atoms with van der Waals surface area (Å²) >= 11 is 12.4. The quantitative estimate of drug-likeness (QED) is 0.269. The Morgan fingerprint density at radius 1 is 0.952 bits per heavy atom. The molecule has 3 aromatic rings. The molecule has 0 fully saturated rings. The van der Waals surface area contributed by atoms with Crippen LogP contribution in [-0.2, 0) is 32.6 Å². The summed E-state index contributed by atoms with van der Waals surface area (Å²) in [6, 6.07) is 18.5. The van der Waals surface area contributed by atoms with Crippen LogP contribution in [0, 0.1) is 12.8 Å². The van der Waals surface area contributed by atoms with Crippen molar-refractivity contribution in [3.8, 4) is 5.75 Å². The van der Waals surface area contributed by atoms with Crippen LogP contribution in [0.15, 0.2) is 66.7 Å². The summed E-state index contributed by atoms with van der Waals surface area (Å²) in [5.74, 6) is -0.443. The molecular formula is C31H37Cl2N3O5S. The van der Waals surface area contributed by atoms with Gasteiger partial charge in [-0.15, -0.1) is 0 Å². The van der Waals surface area contributed by atoms with E-state index in [2.05, 4.69) is 5.32 Å². The van der Waals surface area contributed by atoms with Crippen LogP contribution >= 0.6 is 23.2 Å². The summed E-state index contributed by atoms with van der Waals surface area (Å²) < 4.78 is 32.6. The molecule has 0 aliphatic heterocycles. The van der Waals surface area contributed by atoms with Crippen molar-refractivity contribution in [3.63, 3.8) is 0 Å². The smallest absolute Gasteiger partial charge is 0.244 e. The third kappa shape index (κ3) is 9.11. The van der Waals surface area contributed by atoms with E-state index in [-0.39, 0.29) is 30.5 Å².